The Balaban J connectivity index is 0.00000225. The van der Waals surface area contributed by atoms with Crippen molar-refractivity contribution in [2.45, 2.75) is 45.8 Å². The minimum absolute atomic E-state index is 0. The second-order valence-electron chi connectivity index (χ2n) is 6.46. The van der Waals surface area contributed by atoms with Crippen molar-refractivity contribution in [2.75, 3.05) is 19.6 Å². The van der Waals surface area contributed by atoms with Crippen LogP contribution in [0.2, 0.25) is 0 Å². The third kappa shape index (κ3) is 3.90. The molecule has 0 radical (unpaired) electrons. The molecule has 1 aliphatic heterocycles. The maximum atomic E-state index is 12.7. The highest BCUT2D eigenvalue weighted by Crippen LogP contribution is 2.14. The van der Waals surface area contributed by atoms with Crippen LogP contribution >= 0.6 is 12.4 Å². The molecule has 138 valence electrons. The van der Waals surface area contributed by atoms with Crippen molar-refractivity contribution in [3.63, 3.8) is 0 Å². The van der Waals surface area contributed by atoms with Gasteiger partial charge >= 0.3 is 5.69 Å². The van der Waals surface area contributed by atoms with Crippen molar-refractivity contribution in [3.8, 4) is 0 Å². The number of carbonyl (C=O) groups excluding carboxylic acids is 1. The van der Waals surface area contributed by atoms with Crippen LogP contribution in [0.1, 0.15) is 26.7 Å². The molecule has 0 saturated carbocycles. The lowest BCUT2D eigenvalue weighted by atomic mass is 10.2. The number of fused-ring (bicyclic) bond motifs is 1. The van der Waals surface area contributed by atoms with Gasteiger partial charge in [-0.05, 0) is 25.5 Å². The van der Waals surface area contributed by atoms with Crippen molar-refractivity contribution in [3.05, 3.63) is 34.7 Å². The maximum absolute atomic E-state index is 12.7. The number of aromatic nitrogens is 2. The molecule has 1 fully saturated rings. The Morgan fingerprint density at radius 3 is 2.44 bits per heavy atom. The molecule has 2 heterocycles. The summed E-state index contributed by atoms with van der Waals surface area (Å²) in [6.45, 7) is 7.68. The summed E-state index contributed by atoms with van der Waals surface area (Å²) < 4.78 is 3.56. The van der Waals surface area contributed by atoms with Crippen LogP contribution in [0.15, 0.2) is 29.1 Å². The van der Waals surface area contributed by atoms with Crippen LogP contribution in [-0.2, 0) is 17.9 Å². The summed E-state index contributed by atoms with van der Waals surface area (Å²) in [6.07, 6.45) is 1.27. The van der Waals surface area contributed by atoms with E-state index in [0.29, 0.717) is 19.5 Å². The molecule has 6 nitrogen and oxygen atoms in total. The van der Waals surface area contributed by atoms with E-state index in [-0.39, 0.29) is 30.0 Å². The monoisotopic (exact) mass is 366 g/mol. The van der Waals surface area contributed by atoms with E-state index < -0.39 is 0 Å². The lowest BCUT2D eigenvalue weighted by Gasteiger charge is -2.34. The van der Waals surface area contributed by atoms with Gasteiger partial charge in [0.05, 0.1) is 11.0 Å². The molecule has 1 aliphatic rings. The van der Waals surface area contributed by atoms with E-state index in [1.165, 1.54) is 0 Å². The van der Waals surface area contributed by atoms with Crippen LogP contribution in [0.25, 0.3) is 11.0 Å². The van der Waals surface area contributed by atoms with Gasteiger partial charge in [-0.25, -0.2) is 4.79 Å². The molecule has 1 aromatic heterocycles. The fourth-order valence-corrected chi connectivity index (χ4v) is 3.49. The van der Waals surface area contributed by atoms with Gasteiger partial charge in [0.2, 0.25) is 5.91 Å². The van der Waals surface area contributed by atoms with Crippen LogP contribution in [-0.4, -0.2) is 45.6 Å². The zero-order valence-corrected chi connectivity index (χ0v) is 15.7. The van der Waals surface area contributed by atoms with Gasteiger partial charge in [0, 0.05) is 45.2 Å². The van der Waals surface area contributed by atoms with Gasteiger partial charge in [0.1, 0.15) is 0 Å². The maximum Gasteiger partial charge on any atom is 0.329 e. The van der Waals surface area contributed by atoms with Crippen molar-refractivity contribution >= 4 is 29.3 Å². The molecule has 0 unspecified atom stereocenters. The molecule has 0 spiro atoms. The molecule has 25 heavy (non-hydrogen) atoms. The van der Waals surface area contributed by atoms with E-state index in [2.05, 4.69) is 19.2 Å². The van der Waals surface area contributed by atoms with E-state index in [1.807, 2.05) is 33.7 Å². The third-order valence-electron chi connectivity index (χ3n) is 4.74. The van der Waals surface area contributed by atoms with Gasteiger partial charge < -0.3 is 10.2 Å². The predicted octanol–water partition coefficient (Wildman–Crippen LogP) is 1.85. The average molecular weight is 367 g/mol. The van der Waals surface area contributed by atoms with E-state index in [0.717, 1.165) is 37.1 Å². The number of hydrogen-bond acceptors (Lipinski definition) is 3. The minimum Gasteiger partial charge on any atom is -0.337 e. The van der Waals surface area contributed by atoms with Crippen molar-refractivity contribution in [1.82, 2.24) is 19.4 Å². The third-order valence-corrected chi connectivity index (χ3v) is 4.74. The quantitative estimate of drug-likeness (QED) is 0.878. The second-order valence-corrected chi connectivity index (χ2v) is 6.46. The van der Waals surface area contributed by atoms with E-state index >= 15 is 0 Å². The number of hydrogen-bond donors (Lipinski definition) is 1. The summed E-state index contributed by atoms with van der Waals surface area (Å²) in [5.41, 5.74) is 1.85. The number of amides is 1. The Bertz CT molecular complexity index is 783. The summed E-state index contributed by atoms with van der Waals surface area (Å²) in [5.74, 6) is 0.128. The van der Waals surface area contributed by atoms with Gasteiger partial charge in [0.15, 0.2) is 0 Å². The van der Waals surface area contributed by atoms with Gasteiger partial charge in [-0.2, -0.15) is 0 Å². The first-order valence-electron chi connectivity index (χ1n) is 8.81. The summed E-state index contributed by atoms with van der Waals surface area (Å²) in [4.78, 5) is 27.2. The number of carbonyl (C=O) groups is 1. The minimum atomic E-state index is -0.0146. The number of nitrogens with zero attached hydrogens (tertiary/aromatic N) is 3. The Kier molecular flexibility index (Phi) is 6.67. The summed E-state index contributed by atoms with van der Waals surface area (Å²) in [7, 11) is 0. The first-order valence-corrected chi connectivity index (χ1v) is 8.81. The Hall–Kier alpha value is -1.79. The topological polar surface area (TPSA) is 59.3 Å². The van der Waals surface area contributed by atoms with Crippen molar-refractivity contribution in [1.29, 1.82) is 0 Å². The van der Waals surface area contributed by atoms with Crippen LogP contribution in [0.3, 0.4) is 0 Å². The van der Waals surface area contributed by atoms with E-state index in [1.54, 1.807) is 4.57 Å². The molecule has 1 atom stereocenters. The number of halogens is 1. The average Bonchev–Trinajstić information content (AvgIpc) is 2.86. The molecule has 1 N–H and O–H groups in total. The highest BCUT2D eigenvalue weighted by Gasteiger charge is 2.23. The molecule has 7 heteroatoms. The smallest absolute Gasteiger partial charge is 0.329 e. The van der Waals surface area contributed by atoms with Crippen LogP contribution in [0.5, 0.6) is 0 Å². The summed E-state index contributed by atoms with van der Waals surface area (Å²) in [6, 6.07) is 8.04. The SMILES string of the molecule is CCCn1c(=O)n(CCC(=O)N2CCNC[C@H]2C)c2ccccc21.Cl. The van der Waals surface area contributed by atoms with Crippen LogP contribution in [0.4, 0.5) is 0 Å². The zero-order valence-electron chi connectivity index (χ0n) is 14.9. The normalized spacial score (nSPS) is 17.5. The lowest BCUT2D eigenvalue weighted by molar-refractivity contribution is -0.134. The summed E-state index contributed by atoms with van der Waals surface area (Å²) >= 11 is 0. The Morgan fingerprint density at radius 2 is 1.84 bits per heavy atom. The number of para-hydroxylation sites is 2. The molecule has 1 amide bonds. The van der Waals surface area contributed by atoms with Crippen LogP contribution < -0.4 is 11.0 Å². The largest absolute Gasteiger partial charge is 0.337 e. The zero-order chi connectivity index (χ0) is 17.1. The first kappa shape index (κ1) is 19.5. The molecular formula is C18H27ClN4O2. The van der Waals surface area contributed by atoms with E-state index in [9.17, 15) is 9.59 Å². The fraction of sp³-hybridized carbons (Fsp3) is 0.556. The van der Waals surface area contributed by atoms with E-state index in [4.69, 9.17) is 0 Å². The van der Waals surface area contributed by atoms with Gasteiger partial charge in [-0.15, -0.1) is 12.4 Å². The second kappa shape index (κ2) is 8.54. The Labute approximate surface area is 154 Å². The fourth-order valence-electron chi connectivity index (χ4n) is 3.49. The Morgan fingerprint density at radius 1 is 1.20 bits per heavy atom. The molecule has 3 rings (SSSR count). The number of imidazole rings is 1. The molecule has 1 saturated heterocycles. The standard InChI is InChI=1S/C18H26N4O2.ClH/c1-3-10-21-15-6-4-5-7-16(15)22(18(21)24)11-8-17(23)20-12-9-19-13-14(20)2;/h4-7,14,19H,3,8-13H2,1-2H3;1H/t14-;/m1./s1. The lowest BCUT2D eigenvalue weighted by Crippen LogP contribution is -2.52. The number of piperazine rings is 1. The van der Waals surface area contributed by atoms with Gasteiger partial charge in [-0.1, -0.05) is 19.1 Å². The molecule has 1 aromatic carbocycles. The number of benzene rings is 1. The number of nitrogens with one attached hydrogen (secondary N) is 1. The highest BCUT2D eigenvalue weighted by molar-refractivity contribution is 5.85. The molecular weight excluding hydrogens is 340 g/mol. The van der Waals surface area contributed by atoms with Crippen LogP contribution in [0, 0.1) is 0 Å². The van der Waals surface area contributed by atoms with Gasteiger partial charge in [-0.3, -0.25) is 13.9 Å². The van der Waals surface area contributed by atoms with Crippen molar-refractivity contribution in [2.24, 2.45) is 0 Å². The molecule has 2 aromatic rings. The van der Waals surface area contributed by atoms with Crippen molar-refractivity contribution < 1.29 is 4.79 Å². The molecule has 0 bridgehead atoms. The highest BCUT2D eigenvalue weighted by atomic mass is 35.5. The predicted molar refractivity (Wildman–Crippen MR) is 102 cm³/mol. The summed E-state index contributed by atoms with van der Waals surface area (Å²) in [5, 5.41) is 3.29. The molecule has 0 aliphatic carbocycles. The first-order chi connectivity index (χ1) is 11.6. The number of rotatable bonds is 5. The number of aryl methyl sites for hydroxylation is 2. The van der Waals surface area contributed by atoms with Gasteiger partial charge in [0.25, 0.3) is 0 Å².